The lowest BCUT2D eigenvalue weighted by Crippen LogP contribution is -1.97. The molecular formula is C14H16N2O. The standard InChI is InChI=1S/C14H16N2O/c1-2-11-4-3-5-13(8-11)17-14-7-6-12(9-15)10-16-14/h3-8,10H,2,9,15H2,1H3. The normalized spacial score (nSPS) is 10.2. The van der Waals surface area contributed by atoms with Gasteiger partial charge in [0.25, 0.3) is 0 Å². The second-order valence-corrected chi connectivity index (χ2v) is 3.81. The van der Waals surface area contributed by atoms with Gasteiger partial charge >= 0.3 is 0 Å². The van der Waals surface area contributed by atoms with Crippen LogP contribution in [0.4, 0.5) is 0 Å². The Morgan fingerprint density at radius 2 is 2.06 bits per heavy atom. The fourth-order valence-electron chi connectivity index (χ4n) is 1.54. The molecule has 0 aliphatic rings. The molecule has 2 rings (SSSR count). The van der Waals surface area contributed by atoms with E-state index in [0.717, 1.165) is 17.7 Å². The Morgan fingerprint density at radius 1 is 1.18 bits per heavy atom. The van der Waals surface area contributed by atoms with Crippen molar-refractivity contribution < 1.29 is 4.74 Å². The van der Waals surface area contributed by atoms with Gasteiger partial charge in [-0.1, -0.05) is 25.1 Å². The van der Waals surface area contributed by atoms with Crippen molar-refractivity contribution in [2.75, 3.05) is 0 Å². The molecule has 0 fully saturated rings. The van der Waals surface area contributed by atoms with Gasteiger partial charge in [-0.3, -0.25) is 0 Å². The van der Waals surface area contributed by atoms with E-state index in [-0.39, 0.29) is 0 Å². The van der Waals surface area contributed by atoms with Crippen LogP contribution in [0.5, 0.6) is 11.6 Å². The first-order valence-electron chi connectivity index (χ1n) is 5.73. The Labute approximate surface area is 101 Å². The molecule has 3 nitrogen and oxygen atoms in total. The molecule has 2 N–H and O–H groups in total. The minimum Gasteiger partial charge on any atom is -0.439 e. The number of hydrogen-bond acceptors (Lipinski definition) is 3. The Hall–Kier alpha value is -1.87. The monoisotopic (exact) mass is 228 g/mol. The molecular weight excluding hydrogens is 212 g/mol. The Balaban J connectivity index is 2.13. The summed E-state index contributed by atoms with van der Waals surface area (Å²) < 4.78 is 5.67. The maximum absolute atomic E-state index is 5.67. The molecule has 0 radical (unpaired) electrons. The lowest BCUT2D eigenvalue weighted by Gasteiger charge is -2.06. The lowest BCUT2D eigenvalue weighted by atomic mass is 10.2. The van der Waals surface area contributed by atoms with Crippen LogP contribution in [0, 0.1) is 0 Å². The smallest absolute Gasteiger partial charge is 0.219 e. The Bertz CT molecular complexity index is 480. The summed E-state index contributed by atoms with van der Waals surface area (Å²) >= 11 is 0. The molecule has 1 aromatic heterocycles. The molecule has 0 saturated carbocycles. The van der Waals surface area contributed by atoms with Gasteiger partial charge in [0.15, 0.2) is 0 Å². The van der Waals surface area contributed by atoms with Crippen molar-refractivity contribution >= 4 is 0 Å². The van der Waals surface area contributed by atoms with Gasteiger partial charge < -0.3 is 10.5 Å². The quantitative estimate of drug-likeness (QED) is 0.875. The highest BCUT2D eigenvalue weighted by molar-refractivity contribution is 5.32. The van der Waals surface area contributed by atoms with E-state index in [9.17, 15) is 0 Å². The molecule has 3 heteroatoms. The average Bonchev–Trinajstić information content (AvgIpc) is 2.40. The maximum Gasteiger partial charge on any atom is 0.219 e. The number of aryl methyl sites for hydroxylation is 1. The third-order valence-electron chi connectivity index (χ3n) is 2.56. The van der Waals surface area contributed by atoms with Crippen LogP contribution >= 0.6 is 0 Å². The van der Waals surface area contributed by atoms with Gasteiger partial charge in [-0.25, -0.2) is 4.98 Å². The number of nitrogens with two attached hydrogens (primary N) is 1. The van der Waals surface area contributed by atoms with Crippen LogP contribution in [0.15, 0.2) is 42.6 Å². The first-order valence-corrected chi connectivity index (χ1v) is 5.73. The van der Waals surface area contributed by atoms with Crippen LogP contribution in [0.3, 0.4) is 0 Å². The minimum atomic E-state index is 0.499. The predicted octanol–water partition coefficient (Wildman–Crippen LogP) is 2.90. The molecule has 1 aromatic carbocycles. The molecule has 17 heavy (non-hydrogen) atoms. The predicted molar refractivity (Wildman–Crippen MR) is 68.0 cm³/mol. The number of ether oxygens (including phenoxy) is 1. The van der Waals surface area contributed by atoms with Crippen LogP contribution in [0.2, 0.25) is 0 Å². The lowest BCUT2D eigenvalue weighted by molar-refractivity contribution is 0.462. The van der Waals surface area contributed by atoms with Crippen molar-refractivity contribution in [3.63, 3.8) is 0 Å². The molecule has 0 spiro atoms. The molecule has 2 aromatic rings. The molecule has 0 unspecified atom stereocenters. The zero-order chi connectivity index (χ0) is 12.1. The zero-order valence-corrected chi connectivity index (χ0v) is 9.89. The van der Waals surface area contributed by atoms with Gasteiger partial charge in [0.2, 0.25) is 5.88 Å². The highest BCUT2D eigenvalue weighted by atomic mass is 16.5. The van der Waals surface area contributed by atoms with E-state index in [0.29, 0.717) is 12.4 Å². The number of benzene rings is 1. The summed E-state index contributed by atoms with van der Waals surface area (Å²) in [6.45, 7) is 2.62. The zero-order valence-electron chi connectivity index (χ0n) is 9.89. The summed E-state index contributed by atoms with van der Waals surface area (Å²) in [5.41, 5.74) is 7.76. The molecule has 0 aliphatic heterocycles. The van der Waals surface area contributed by atoms with Crippen LogP contribution in [0.1, 0.15) is 18.1 Å². The number of hydrogen-bond donors (Lipinski definition) is 1. The minimum absolute atomic E-state index is 0.499. The van der Waals surface area contributed by atoms with Gasteiger partial charge in [0.05, 0.1) is 0 Å². The molecule has 0 atom stereocenters. The largest absolute Gasteiger partial charge is 0.439 e. The number of nitrogens with zero attached hydrogens (tertiary/aromatic N) is 1. The summed E-state index contributed by atoms with van der Waals surface area (Å²) in [4.78, 5) is 4.20. The van der Waals surface area contributed by atoms with E-state index in [2.05, 4.69) is 18.0 Å². The fourth-order valence-corrected chi connectivity index (χ4v) is 1.54. The molecule has 0 bridgehead atoms. The van der Waals surface area contributed by atoms with Crippen LogP contribution in [0.25, 0.3) is 0 Å². The molecule has 0 saturated heterocycles. The van der Waals surface area contributed by atoms with Gasteiger partial charge in [0, 0.05) is 18.8 Å². The average molecular weight is 228 g/mol. The van der Waals surface area contributed by atoms with E-state index in [1.807, 2.05) is 30.3 Å². The van der Waals surface area contributed by atoms with E-state index in [4.69, 9.17) is 10.5 Å². The Morgan fingerprint density at radius 3 is 2.71 bits per heavy atom. The van der Waals surface area contributed by atoms with Gasteiger partial charge in [0.1, 0.15) is 5.75 Å². The van der Waals surface area contributed by atoms with Gasteiger partial charge in [-0.05, 0) is 29.7 Å². The van der Waals surface area contributed by atoms with Crippen LogP contribution in [-0.2, 0) is 13.0 Å². The van der Waals surface area contributed by atoms with Crippen LogP contribution in [-0.4, -0.2) is 4.98 Å². The number of rotatable bonds is 4. The van der Waals surface area contributed by atoms with E-state index < -0.39 is 0 Å². The molecule has 0 aliphatic carbocycles. The third kappa shape index (κ3) is 3.04. The van der Waals surface area contributed by atoms with E-state index in [1.165, 1.54) is 5.56 Å². The highest BCUT2D eigenvalue weighted by Crippen LogP contribution is 2.20. The first kappa shape index (κ1) is 11.6. The van der Waals surface area contributed by atoms with Crippen molar-refractivity contribution in [2.45, 2.75) is 19.9 Å². The molecule has 0 amide bonds. The van der Waals surface area contributed by atoms with Crippen molar-refractivity contribution in [3.05, 3.63) is 53.7 Å². The fraction of sp³-hybridized carbons (Fsp3) is 0.214. The number of pyridine rings is 1. The SMILES string of the molecule is CCc1cccc(Oc2ccc(CN)cn2)c1. The van der Waals surface area contributed by atoms with Crippen molar-refractivity contribution in [2.24, 2.45) is 5.73 Å². The highest BCUT2D eigenvalue weighted by Gasteiger charge is 1.99. The van der Waals surface area contributed by atoms with E-state index in [1.54, 1.807) is 6.20 Å². The first-order chi connectivity index (χ1) is 8.31. The molecule has 88 valence electrons. The maximum atomic E-state index is 5.67. The van der Waals surface area contributed by atoms with Crippen LogP contribution < -0.4 is 10.5 Å². The Kier molecular flexibility index (Phi) is 3.73. The topological polar surface area (TPSA) is 48.1 Å². The summed E-state index contributed by atoms with van der Waals surface area (Å²) in [6.07, 6.45) is 2.73. The summed E-state index contributed by atoms with van der Waals surface area (Å²) in [6, 6.07) is 11.8. The van der Waals surface area contributed by atoms with Gasteiger partial charge in [-0.2, -0.15) is 0 Å². The second-order valence-electron chi connectivity index (χ2n) is 3.81. The van der Waals surface area contributed by atoms with Crippen molar-refractivity contribution in [3.8, 4) is 11.6 Å². The number of aromatic nitrogens is 1. The van der Waals surface area contributed by atoms with Crippen molar-refractivity contribution in [1.82, 2.24) is 4.98 Å². The summed E-state index contributed by atoms with van der Waals surface area (Å²) in [7, 11) is 0. The van der Waals surface area contributed by atoms with Crippen molar-refractivity contribution in [1.29, 1.82) is 0 Å². The third-order valence-corrected chi connectivity index (χ3v) is 2.56. The molecule has 1 heterocycles. The van der Waals surface area contributed by atoms with E-state index >= 15 is 0 Å². The van der Waals surface area contributed by atoms with Gasteiger partial charge in [-0.15, -0.1) is 0 Å². The summed E-state index contributed by atoms with van der Waals surface area (Å²) in [5, 5.41) is 0. The second kappa shape index (κ2) is 5.46. The summed E-state index contributed by atoms with van der Waals surface area (Å²) in [5.74, 6) is 1.41.